The van der Waals surface area contributed by atoms with Crippen LogP contribution in [0, 0.1) is 0 Å². The number of aliphatic hydroxyl groups is 1. The molecule has 1 saturated carbocycles. The molecular weight excluding hydrogens is 252 g/mol. The maximum Gasteiger partial charge on any atom is 0.119 e. The largest absolute Gasteiger partial charge is 0.490 e. The lowest BCUT2D eigenvalue weighted by molar-refractivity contribution is 0.125. The van der Waals surface area contributed by atoms with E-state index in [1.165, 1.54) is 12.8 Å². The third kappa shape index (κ3) is 3.51. The van der Waals surface area contributed by atoms with Crippen molar-refractivity contribution in [3.63, 3.8) is 0 Å². The molecule has 1 aromatic rings. The van der Waals surface area contributed by atoms with Gasteiger partial charge in [-0.1, -0.05) is 12.1 Å². The number of ether oxygens (including phenoxy) is 1. The van der Waals surface area contributed by atoms with E-state index in [0.29, 0.717) is 6.10 Å². The van der Waals surface area contributed by atoms with Crippen molar-refractivity contribution in [2.24, 2.45) is 5.73 Å². The Kier molecular flexibility index (Phi) is 4.24. The number of aliphatic hydroxyl groups excluding tert-OH is 1. The van der Waals surface area contributed by atoms with Crippen LogP contribution in [0.5, 0.6) is 5.75 Å². The minimum Gasteiger partial charge on any atom is -0.490 e. The van der Waals surface area contributed by atoms with Gasteiger partial charge in [-0.25, -0.2) is 0 Å². The molecule has 1 aliphatic heterocycles. The quantitative estimate of drug-likeness (QED) is 0.830. The third-order valence-electron chi connectivity index (χ3n) is 4.12. The van der Waals surface area contributed by atoms with Gasteiger partial charge >= 0.3 is 0 Å². The van der Waals surface area contributed by atoms with E-state index >= 15 is 0 Å². The molecule has 0 aromatic heterocycles. The molecule has 3 N–H and O–H groups in total. The van der Waals surface area contributed by atoms with Crippen LogP contribution < -0.4 is 10.5 Å². The summed E-state index contributed by atoms with van der Waals surface area (Å²) < 4.78 is 5.71. The second-order valence-corrected chi connectivity index (χ2v) is 6.00. The molecule has 0 spiro atoms. The molecule has 4 nitrogen and oxygen atoms in total. The van der Waals surface area contributed by atoms with Crippen LogP contribution in [0.3, 0.4) is 0 Å². The number of nitrogens with zero attached hydrogens (tertiary/aromatic N) is 1. The number of benzene rings is 1. The summed E-state index contributed by atoms with van der Waals surface area (Å²) in [6.45, 7) is 2.98. The van der Waals surface area contributed by atoms with Crippen molar-refractivity contribution < 1.29 is 9.84 Å². The van der Waals surface area contributed by atoms with Gasteiger partial charge in [-0.05, 0) is 56.5 Å². The summed E-state index contributed by atoms with van der Waals surface area (Å²) in [4.78, 5) is 2.33. The molecule has 2 fully saturated rings. The van der Waals surface area contributed by atoms with E-state index in [-0.39, 0.29) is 6.04 Å². The van der Waals surface area contributed by atoms with E-state index < -0.39 is 6.10 Å². The monoisotopic (exact) mass is 276 g/mol. The van der Waals surface area contributed by atoms with Crippen LogP contribution in [0.1, 0.15) is 37.4 Å². The van der Waals surface area contributed by atoms with Crippen LogP contribution in [-0.2, 0) is 0 Å². The van der Waals surface area contributed by atoms with E-state index in [1.54, 1.807) is 0 Å². The van der Waals surface area contributed by atoms with Crippen LogP contribution in [-0.4, -0.2) is 41.8 Å². The predicted molar refractivity (Wildman–Crippen MR) is 78.7 cm³/mol. The first kappa shape index (κ1) is 13.9. The van der Waals surface area contributed by atoms with E-state index in [0.717, 1.165) is 43.8 Å². The van der Waals surface area contributed by atoms with Gasteiger partial charge < -0.3 is 20.5 Å². The minimum atomic E-state index is -0.606. The topological polar surface area (TPSA) is 58.7 Å². The molecule has 3 rings (SSSR count). The average molecular weight is 276 g/mol. The highest BCUT2D eigenvalue weighted by atomic mass is 16.5. The van der Waals surface area contributed by atoms with Gasteiger partial charge in [0.2, 0.25) is 0 Å². The molecule has 2 unspecified atom stereocenters. The Bertz CT molecular complexity index is 425. The summed E-state index contributed by atoms with van der Waals surface area (Å²) in [6.07, 6.45) is 4.61. The molecule has 20 heavy (non-hydrogen) atoms. The first-order valence-electron chi connectivity index (χ1n) is 7.65. The molecule has 1 aliphatic carbocycles. The number of likely N-dealkylation sites (tertiary alicyclic amines) is 1. The van der Waals surface area contributed by atoms with Crippen LogP contribution in [0.15, 0.2) is 24.3 Å². The van der Waals surface area contributed by atoms with Gasteiger partial charge in [-0.3, -0.25) is 0 Å². The Balaban J connectivity index is 1.55. The molecular formula is C16H24N2O2. The number of nitrogens with two attached hydrogens (primary N) is 1. The van der Waals surface area contributed by atoms with Gasteiger partial charge in [0.05, 0.1) is 12.2 Å². The number of hydrogen-bond donors (Lipinski definition) is 2. The summed E-state index contributed by atoms with van der Waals surface area (Å²) in [5, 5.41) is 10.3. The van der Waals surface area contributed by atoms with Crippen molar-refractivity contribution in [1.29, 1.82) is 0 Å². The number of hydrogen-bond acceptors (Lipinski definition) is 4. The van der Waals surface area contributed by atoms with E-state index in [1.807, 2.05) is 24.3 Å². The van der Waals surface area contributed by atoms with Crippen molar-refractivity contribution >= 4 is 0 Å². The summed E-state index contributed by atoms with van der Waals surface area (Å²) in [6, 6.07) is 7.47. The predicted octanol–water partition coefficient (Wildman–Crippen LogP) is 1.68. The zero-order chi connectivity index (χ0) is 13.9. The van der Waals surface area contributed by atoms with E-state index in [4.69, 9.17) is 10.5 Å². The van der Waals surface area contributed by atoms with Crippen molar-refractivity contribution in [2.45, 2.75) is 43.9 Å². The van der Waals surface area contributed by atoms with Gasteiger partial charge in [0.1, 0.15) is 5.75 Å². The molecule has 1 aromatic carbocycles. The summed E-state index contributed by atoms with van der Waals surface area (Å²) >= 11 is 0. The van der Waals surface area contributed by atoms with Gasteiger partial charge in [0, 0.05) is 12.6 Å². The van der Waals surface area contributed by atoms with Gasteiger partial charge in [0.15, 0.2) is 0 Å². The smallest absolute Gasteiger partial charge is 0.119 e. The number of rotatable bonds is 6. The van der Waals surface area contributed by atoms with Crippen molar-refractivity contribution in [2.75, 3.05) is 19.6 Å². The minimum absolute atomic E-state index is 0.233. The molecule has 0 bridgehead atoms. The van der Waals surface area contributed by atoms with Crippen LogP contribution in [0.4, 0.5) is 0 Å². The lowest BCUT2D eigenvalue weighted by Gasteiger charge is -2.24. The summed E-state index contributed by atoms with van der Waals surface area (Å²) in [7, 11) is 0. The van der Waals surface area contributed by atoms with Crippen LogP contribution >= 0.6 is 0 Å². The highest BCUT2D eigenvalue weighted by molar-refractivity contribution is 5.29. The van der Waals surface area contributed by atoms with Gasteiger partial charge in [-0.15, -0.1) is 0 Å². The Morgan fingerprint density at radius 1 is 1.20 bits per heavy atom. The Morgan fingerprint density at radius 3 is 2.45 bits per heavy atom. The first-order valence-corrected chi connectivity index (χ1v) is 7.65. The zero-order valence-corrected chi connectivity index (χ0v) is 11.9. The fourth-order valence-corrected chi connectivity index (χ4v) is 2.73. The molecule has 2 atom stereocenters. The Labute approximate surface area is 120 Å². The molecule has 4 heteroatoms. The lowest BCUT2D eigenvalue weighted by Crippen LogP contribution is -2.40. The van der Waals surface area contributed by atoms with Gasteiger partial charge in [0.25, 0.3) is 0 Å². The second kappa shape index (κ2) is 6.12. The molecule has 2 aliphatic rings. The maximum absolute atomic E-state index is 10.3. The molecule has 1 saturated heterocycles. The maximum atomic E-state index is 10.3. The standard InChI is InChI=1S/C16H24N2O2/c17-15(11-18-9-1-2-10-18)16(19)12-3-5-13(6-4-12)20-14-7-8-14/h3-6,14-16,19H,1-2,7-11,17H2. The first-order chi connectivity index (χ1) is 9.72. The summed E-state index contributed by atoms with van der Waals surface area (Å²) in [5.41, 5.74) is 7.01. The SMILES string of the molecule is NC(CN1CCCC1)C(O)c1ccc(OC2CC2)cc1. The highest BCUT2D eigenvalue weighted by Gasteiger charge is 2.24. The van der Waals surface area contributed by atoms with E-state index in [2.05, 4.69) is 4.90 Å². The fourth-order valence-electron chi connectivity index (χ4n) is 2.73. The van der Waals surface area contributed by atoms with Crippen LogP contribution in [0.2, 0.25) is 0 Å². The zero-order valence-electron chi connectivity index (χ0n) is 11.9. The van der Waals surface area contributed by atoms with Crippen molar-refractivity contribution in [3.8, 4) is 5.75 Å². The van der Waals surface area contributed by atoms with Gasteiger partial charge in [-0.2, -0.15) is 0 Å². The molecule has 0 amide bonds. The normalized spacial score (nSPS) is 22.7. The Hall–Kier alpha value is -1.10. The van der Waals surface area contributed by atoms with E-state index in [9.17, 15) is 5.11 Å². The second-order valence-electron chi connectivity index (χ2n) is 6.00. The molecule has 110 valence electrons. The van der Waals surface area contributed by atoms with Crippen LogP contribution in [0.25, 0.3) is 0 Å². The molecule has 0 radical (unpaired) electrons. The van der Waals surface area contributed by atoms with Crippen molar-refractivity contribution in [1.82, 2.24) is 4.90 Å². The summed E-state index contributed by atoms with van der Waals surface area (Å²) in [5.74, 6) is 0.886. The molecule has 1 heterocycles. The third-order valence-corrected chi connectivity index (χ3v) is 4.12. The Morgan fingerprint density at radius 2 is 1.85 bits per heavy atom. The highest BCUT2D eigenvalue weighted by Crippen LogP contribution is 2.28. The lowest BCUT2D eigenvalue weighted by atomic mass is 10.0. The van der Waals surface area contributed by atoms with Crippen molar-refractivity contribution in [3.05, 3.63) is 29.8 Å². The fraction of sp³-hybridized carbons (Fsp3) is 0.625. The average Bonchev–Trinajstić information content (AvgIpc) is 3.12.